The Morgan fingerprint density at radius 3 is 2.27 bits per heavy atom. The summed E-state index contributed by atoms with van der Waals surface area (Å²) >= 11 is 0. The van der Waals surface area contributed by atoms with E-state index < -0.39 is 0 Å². The molecule has 1 heterocycles. The van der Waals surface area contributed by atoms with Gasteiger partial charge < -0.3 is 10.1 Å². The van der Waals surface area contributed by atoms with Crippen LogP contribution in [0.3, 0.4) is 0 Å². The number of aromatic nitrogens is 2. The molecule has 1 N–H and O–H groups in total. The summed E-state index contributed by atoms with van der Waals surface area (Å²) in [6.45, 7) is 1.99. The summed E-state index contributed by atoms with van der Waals surface area (Å²) in [5.74, 6) is 0.0801. The maximum Gasteiger partial charge on any atom is 0.274 e. The Kier molecular flexibility index (Phi) is 5.30. The molecule has 0 atom stereocenters. The van der Waals surface area contributed by atoms with E-state index in [0.717, 1.165) is 5.56 Å². The number of hydrogen-bond acceptors (Lipinski definition) is 3. The monoisotopic (exact) mass is 401 g/mol. The largest absolute Gasteiger partial charge is 0.497 e. The standard InChI is InChI=1S/C24H20FN3O2/c1-16-3-9-19(10-4-16)26-24(29)23-15-22(17-5-7-18(25)8-6-17)27-28(23)20-11-13-21(30-2)14-12-20/h3-15H,1-2H3,(H,26,29). The summed E-state index contributed by atoms with van der Waals surface area (Å²) in [6, 6.07) is 22.5. The zero-order chi connectivity index (χ0) is 21.1. The van der Waals surface area contributed by atoms with Crippen molar-refractivity contribution in [3.05, 3.63) is 95.9 Å². The molecule has 0 aliphatic heterocycles. The van der Waals surface area contributed by atoms with E-state index in [9.17, 15) is 9.18 Å². The van der Waals surface area contributed by atoms with Gasteiger partial charge in [-0.05, 0) is 73.7 Å². The molecular weight excluding hydrogens is 381 g/mol. The van der Waals surface area contributed by atoms with E-state index in [1.807, 2.05) is 43.3 Å². The summed E-state index contributed by atoms with van der Waals surface area (Å²) in [6.07, 6.45) is 0. The van der Waals surface area contributed by atoms with Crippen LogP contribution in [0.15, 0.2) is 78.9 Å². The van der Waals surface area contributed by atoms with Crippen LogP contribution in [0.25, 0.3) is 16.9 Å². The van der Waals surface area contributed by atoms with E-state index in [1.54, 1.807) is 42.1 Å². The molecule has 0 fully saturated rings. The third-order valence-corrected chi connectivity index (χ3v) is 4.71. The summed E-state index contributed by atoms with van der Waals surface area (Å²) in [7, 11) is 1.59. The number of rotatable bonds is 5. The van der Waals surface area contributed by atoms with Gasteiger partial charge in [0, 0.05) is 11.3 Å². The van der Waals surface area contributed by atoms with Crippen molar-refractivity contribution in [1.82, 2.24) is 9.78 Å². The molecule has 150 valence electrons. The van der Waals surface area contributed by atoms with Crippen molar-refractivity contribution >= 4 is 11.6 Å². The number of carbonyl (C=O) groups excluding carboxylic acids is 1. The normalized spacial score (nSPS) is 10.6. The first-order chi connectivity index (χ1) is 14.5. The molecule has 0 aliphatic carbocycles. The number of halogens is 1. The van der Waals surface area contributed by atoms with Crippen molar-refractivity contribution in [3.63, 3.8) is 0 Å². The average Bonchev–Trinajstić information content (AvgIpc) is 3.21. The molecule has 4 aromatic rings. The fourth-order valence-corrected chi connectivity index (χ4v) is 3.06. The van der Waals surface area contributed by atoms with Crippen LogP contribution in [0.5, 0.6) is 5.75 Å². The Bertz CT molecular complexity index is 1160. The van der Waals surface area contributed by atoms with Gasteiger partial charge in [0.05, 0.1) is 18.5 Å². The first-order valence-corrected chi connectivity index (χ1v) is 9.42. The molecule has 5 nitrogen and oxygen atoms in total. The molecule has 0 bridgehead atoms. The van der Waals surface area contributed by atoms with Crippen LogP contribution in [0.1, 0.15) is 16.1 Å². The molecule has 30 heavy (non-hydrogen) atoms. The highest BCUT2D eigenvalue weighted by molar-refractivity contribution is 6.04. The zero-order valence-electron chi connectivity index (χ0n) is 16.6. The van der Waals surface area contributed by atoms with Crippen molar-refractivity contribution < 1.29 is 13.9 Å². The quantitative estimate of drug-likeness (QED) is 0.497. The van der Waals surface area contributed by atoms with Crippen LogP contribution in [0, 0.1) is 12.7 Å². The molecule has 1 amide bonds. The van der Waals surface area contributed by atoms with Crippen LogP contribution in [-0.2, 0) is 0 Å². The first-order valence-electron chi connectivity index (χ1n) is 9.42. The van der Waals surface area contributed by atoms with Gasteiger partial charge in [-0.1, -0.05) is 17.7 Å². The molecule has 6 heteroatoms. The van der Waals surface area contributed by atoms with Gasteiger partial charge in [0.15, 0.2) is 0 Å². The van der Waals surface area contributed by atoms with Gasteiger partial charge in [-0.25, -0.2) is 9.07 Å². The Labute approximate surface area is 173 Å². The molecule has 0 saturated heterocycles. The summed E-state index contributed by atoms with van der Waals surface area (Å²) < 4.78 is 20.1. The van der Waals surface area contributed by atoms with Crippen molar-refractivity contribution in [2.75, 3.05) is 12.4 Å². The second-order valence-electron chi connectivity index (χ2n) is 6.85. The molecule has 4 rings (SSSR count). The molecule has 0 aliphatic rings. The van der Waals surface area contributed by atoms with Gasteiger partial charge in [-0.2, -0.15) is 5.10 Å². The lowest BCUT2D eigenvalue weighted by molar-refractivity contribution is 0.101. The fraction of sp³-hybridized carbons (Fsp3) is 0.0833. The molecule has 0 spiro atoms. The number of nitrogens with zero attached hydrogens (tertiary/aromatic N) is 2. The van der Waals surface area contributed by atoms with Crippen molar-refractivity contribution in [2.45, 2.75) is 6.92 Å². The van der Waals surface area contributed by atoms with E-state index >= 15 is 0 Å². The topological polar surface area (TPSA) is 56.2 Å². The number of ether oxygens (including phenoxy) is 1. The van der Waals surface area contributed by atoms with Crippen LogP contribution in [-0.4, -0.2) is 22.8 Å². The lowest BCUT2D eigenvalue weighted by atomic mass is 10.1. The Morgan fingerprint density at radius 1 is 0.967 bits per heavy atom. The zero-order valence-corrected chi connectivity index (χ0v) is 16.6. The van der Waals surface area contributed by atoms with Crippen molar-refractivity contribution in [1.29, 1.82) is 0 Å². The summed E-state index contributed by atoms with van der Waals surface area (Å²) in [4.78, 5) is 13.1. The fourth-order valence-electron chi connectivity index (χ4n) is 3.06. The van der Waals surface area contributed by atoms with E-state index in [2.05, 4.69) is 10.4 Å². The number of anilines is 1. The minimum atomic E-state index is -0.328. The van der Waals surface area contributed by atoms with E-state index in [1.165, 1.54) is 12.1 Å². The number of aryl methyl sites for hydroxylation is 1. The SMILES string of the molecule is COc1ccc(-n2nc(-c3ccc(F)cc3)cc2C(=O)Nc2ccc(C)cc2)cc1. The Morgan fingerprint density at radius 2 is 1.63 bits per heavy atom. The summed E-state index contributed by atoms with van der Waals surface area (Å²) in [5.41, 5.74) is 4.15. The van der Waals surface area contributed by atoms with Crippen LogP contribution in [0.2, 0.25) is 0 Å². The van der Waals surface area contributed by atoms with Crippen LogP contribution >= 0.6 is 0 Å². The van der Waals surface area contributed by atoms with Gasteiger partial charge in [-0.3, -0.25) is 4.79 Å². The Balaban J connectivity index is 1.74. The van der Waals surface area contributed by atoms with E-state index in [-0.39, 0.29) is 11.7 Å². The highest BCUT2D eigenvalue weighted by Gasteiger charge is 2.18. The lowest BCUT2D eigenvalue weighted by Gasteiger charge is -2.09. The molecular formula is C24H20FN3O2. The van der Waals surface area contributed by atoms with Crippen molar-refractivity contribution in [3.8, 4) is 22.7 Å². The number of nitrogens with one attached hydrogen (secondary N) is 1. The van der Waals surface area contributed by atoms with Crippen LogP contribution in [0.4, 0.5) is 10.1 Å². The second kappa shape index (κ2) is 8.21. The lowest BCUT2D eigenvalue weighted by Crippen LogP contribution is -2.16. The van der Waals surface area contributed by atoms with Gasteiger partial charge >= 0.3 is 0 Å². The van der Waals surface area contributed by atoms with Crippen molar-refractivity contribution in [2.24, 2.45) is 0 Å². The average molecular weight is 401 g/mol. The smallest absolute Gasteiger partial charge is 0.274 e. The molecule has 0 radical (unpaired) electrons. The number of hydrogen-bond donors (Lipinski definition) is 1. The number of amides is 1. The Hall–Kier alpha value is -3.93. The van der Waals surface area contributed by atoms with E-state index in [0.29, 0.717) is 34.1 Å². The van der Waals surface area contributed by atoms with Crippen LogP contribution < -0.4 is 10.1 Å². The highest BCUT2D eigenvalue weighted by Crippen LogP contribution is 2.24. The van der Waals surface area contributed by atoms with Gasteiger partial charge in [0.1, 0.15) is 17.3 Å². The predicted molar refractivity (Wildman–Crippen MR) is 115 cm³/mol. The molecule has 3 aromatic carbocycles. The highest BCUT2D eigenvalue weighted by atomic mass is 19.1. The number of carbonyl (C=O) groups is 1. The first kappa shape index (κ1) is 19.4. The maximum atomic E-state index is 13.3. The third-order valence-electron chi connectivity index (χ3n) is 4.71. The minimum Gasteiger partial charge on any atom is -0.497 e. The van der Waals surface area contributed by atoms with Gasteiger partial charge in [0.25, 0.3) is 5.91 Å². The molecule has 0 saturated carbocycles. The van der Waals surface area contributed by atoms with E-state index in [4.69, 9.17) is 4.74 Å². The number of benzene rings is 3. The predicted octanol–water partition coefficient (Wildman–Crippen LogP) is 5.25. The van der Waals surface area contributed by atoms with Gasteiger partial charge in [-0.15, -0.1) is 0 Å². The second-order valence-corrected chi connectivity index (χ2v) is 6.85. The third kappa shape index (κ3) is 4.07. The van der Waals surface area contributed by atoms with Gasteiger partial charge in [0.2, 0.25) is 0 Å². The number of methoxy groups -OCH3 is 1. The molecule has 0 unspecified atom stereocenters. The molecule has 1 aromatic heterocycles. The maximum absolute atomic E-state index is 13.3. The summed E-state index contributed by atoms with van der Waals surface area (Å²) in [5, 5.41) is 7.51. The minimum absolute atomic E-state index is 0.296.